The van der Waals surface area contributed by atoms with Gasteiger partial charge in [-0.3, -0.25) is 0 Å². The van der Waals surface area contributed by atoms with Crippen molar-refractivity contribution in [1.82, 2.24) is 4.98 Å². The van der Waals surface area contributed by atoms with Crippen molar-refractivity contribution < 1.29 is 4.79 Å². The topological polar surface area (TPSA) is 32.9 Å². The van der Waals surface area contributed by atoms with Crippen LogP contribution in [0.4, 0.5) is 0 Å². The predicted molar refractivity (Wildman–Crippen MR) is 72.9 cm³/mol. The lowest BCUT2D eigenvalue weighted by atomic mass is 10.0. The molecule has 0 saturated carbocycles. The first-order valence-corrected chi connectivity index (χ1v) is 6.10. The van der Waals surface area contributed by atoms with E-state index in [1.807, 2.05) is 18.2 Å². The van der Waals surface area contributed by atoms with Gasteiger partial charge in [-0.2, -0.15) is 0 Å². The number of Topliss-reactive ketones (excluding diaryl/α,β-unsaturated/α-hetero) is 1. The summed E-state index contributed by atoms with van der Waals surface area (Å²) < 4.78 is 0.752. The number of hydrogen-bond acceptors (Lipinski definition) is 2. The molecule has 17 heavy (non-hydrogen) atoms. The van der Waals surface area contributed by atoms with Gasteiger partial charge in [0.2, 0.25) is 0 Å². The standard InChI is InChI=1S/C14H15NOS/c1-9(16)7-8-12-10(2)11-5-3-4-6-13(11)15-14(12)17/h3-6H,7-8H2,1-2H3,(H,15,17). The Morgan fingerprint density at radius 3 is 2.76 bits per heavy atom. The van der Waals surface area contributed by atoms with Crippen molar-refractivity contribution in [3.8, 4) is 0 Å². The number of para-hydroxylation sites is 1. The smallest absolute Gasteiger partial charge is 0.130 e. The van der Waals surface area contributed by atoms with Gasteiger partial charge in [-0.1, -0.05) is 30.4 Å². The Balaban J connectivity index is 2.56. The maximum atomic E-state index is 11.1. The highest BCUT2D eigenvalue weighted by molar-refractivity contribution is 7.71. The molecule has 1 aromatic heterocycles. The summed E-state index contributed by atoms with van der Waals surface area (Å²) in [6.45, 7) is 3.69. The molecule has 0 aliphatic rings. The number of carbonyl (C=O) groups is 1. The molecule has 0 saturated heterocycles. The van der Waals surface area contributed by atoms with Crippen LogP contribution in [-0.2, 0) is 11.2 Å². The van der Waals surface area contributed by atoms with Crippen LogP contribution in [0.5, 0.6) is 0 Å². The fraction of sp³-hybridized carbons (Fsp3) is 0.286. The summed E-state index contributed by atoms with van der Waals surface area (Å²) in [7, 11) is 0. The van der Waals surface area contributed by atoms with Crippen molar-refractivity contribution in [3.05, 3.63) is 40.0 Å². The van der Waals surface area contributed by atoms with Crippen molar-refractivity contribution in [2.24, 2.45) is 0 Å². The van der Waals surface area contributed by atoms with Crippen molar-refractivity contribution in [2.75, 3.05) is 0 Å². The van der Waals surface area contributed by atoms with E-state index < -0.39 is 0 Å². The van der Waals surface area contributed by atoms with E-state index in [0.717, 1.165) is 22.1 Å². The minimum atomic E-state index is 0.201. The van der Waals surface area contributed by atoms with Crippen molar-refractivity contribution in [3.63, 3.8) is 0 Å². The van der Waals surface area contributed by atoms with Crippen LogP contribution in [0.3, 0.4) is 0 Å². The molecule has 0 radical (unpaired) electrons. The molecule has 1 heterocycles. The fourth-order valence-corrected chi connectivity index (χ4v) is 2.42. The second kappa shape index (κ2) is 4.80. The first-order valence-electron chi connectivity index (χ1n) is 5.69. The second-order valence-electron chi connectivity index (χ2n) is 4.31. The Labute approximate surface area is 106 Å². The van der Waals surface area contributed by atoms with E-state index in [-0.39, 0.29) is 5.78 Å². The first kappa shape index (κ1) is 12.0. The molecule has 0 aliphatic heterocycles. The molecule has 0 fully saturated rings. The summed E-state index contributed by atoms with van der Waals surface area (Å²) in [5.41, 5.74) is 3.33. The van der Waals surface area contributed by atoms with Gasteiger partial charge in [0.1, 0.15) is 10.4 Å². The van der Waals surface area contributed by atoms with Gasteiger partial charge in [-0.15, -0.1) is 0 Å². The summed E-state index contributed by atoms with van der Waals surface area (Å²) in [4.78, 5) is 14.3. The molecule has 0 unspecified atom stereocenters. The van der Waals surface area contributed by atoms with E-state index in [2.05, 4.69) is 18.0 Å². The van der Waals surface area contributed by atoms with Gasteiger partial charge in [0.25, 0.3) is 0 Å². The molecule has 3 heteroatoms. The fourth-order valence-electron chi connectivity index (χ4n) is 2.05. The molecule has 1 aromatic carbocycles. The Bertz CT molecular complexity index is 628. The number of aryl methyl sites for hydroxylation is 1. The zero-order valence-corrected chi connectivity index (χ0v) is 10.9. The summed E-state index contributed by atoms with van der Waals surface area (Å²) in [6, 6.07) is 8.10. The predicted octanol–water partition coefficient (Wildman–Crippen LogP) is 3.73. The molecular weight excluding hydrogens is 230 g/mol. The van der Waals surface area contributed by atoms with Crippen LogP contribution in [0, 0.1) is 11.6 Å². The van der Waals surface area contributed by atoms with Crippen LogP contribution in [0.1, 0.15) is 24.5 Å². The first-order chi connectivity index (χ1) is 8.09. The Morgan fingerprint density at radius 2 is 2.06 bits per heavy atom. The van der Waals surface area contributed by atoms with Crippen molar-refractivity contribution in [2.45, 2.75) is 26.7 Å². The number of nitrogens with one attached hydrogen (secondary N) is 1. The zero-order valence-electron chi connectivity index (χ0n) is 10.0. The number of H-pyrrole nitrogens is 1. The number of benzene rings is 1. The van der Waals surface area contributed by atoms with E-state index in [1.165, 1.54) is 10.9 Å². The zero-order chi connectivity index (χ0) is 12.4. The third-order valence-electron chi connectivity index (χ3n) is 3.03. The van der Waals surface area contributed by atoms with Gasteiger partial charge in [-0.05, 0) is 37.5 Å². The number of carbonyl (C=O) groups excluding carboxylic acids is 1. The normalized spacial score (nSPS) is 10.7. The number of fused-ring (bicyclic) bond motifs is 1. The Kier molecular flexibility index (Phi) is 3.38. The molecule has 1 N–H and O–H groups in total. The number of ketones is 1. The maximum absolute atomic E-state index is 11.1. The molecular formula is C14H15NOS. The third-order valence-corrected chi connectivity index (χ3v) is 3.38. The molecule has 2 rings (SSSR count). The summed E-state index contributed by atoms with van der Waals surface area (Å²) in [5.74, 6) is 0.201. The molecule has 0 bridgehead atoms. The summed E-state index contributed by atoms with van der Waals surface area (Å²) in [5, 5.41) is 1.18. The SMILES string of the molecule is CC(=O)CCc1c(C)c2ccccc2[nH]c1=S. The Hall–Kier alpha value is -1.48. The Morgan fingerprint density at radius 1 is 1.35 bits per heavy atom. The molecule has 0 amide bonds. The van der Waals surface area contributed by atoms with Gasteiger partial charge in [0.15, 0.2) is 0 Å². The lowest BCUT2D eigenvalue weighted by Gasteiger charge is -2.09. The van der Waals surface area contributed by atoms with E-state index in [9.17, 15) is 4.79 Å². The van der Waals surface area contributed by atoms with Crippen molar-refractivity contribution >= 4 is 28.9 Å². The number of pyridine rings is 1. The minimum Gasteiger partial charge on any atom is -0.346 e. The average Bonchev–Trinajstić information content (AvgIpc) is 2.28. The number of aromatic amines is 1. The van der Waals surface area contributed by atoms with Gasteiger partial charge >= 0.3 is 0 Å². The highest BCUT2D eigenvalue weighted by atomic mass is 32.1. The molecule has 2 nitrogen and oxygen atoms in total. The average molecular weight is 245 g/mol. The number of hydrogen-bond donors (Lipinski definition) is 1. The van der Waals surface area contributed by atoms with Gasteiger partial charge < -0.3 is 9.78 Å². The highest BCUT2D eigenvalue weighted by Gasteiger charge is 2.07. The molecule has 88 valence electrons. The van der Waals surface area contributed by atoms with Crippen LogP contribution in [-0.4, -0.2) is 10.8 Å². The molecule has 2 aromatic rings. The lowest BCUT2D eigenvalue weighted by molar-refractivity contribution is -0.116. The number of aromatic nitrogens is 1. The lowest BCUT2D eigenvalue weighted by Crippen LogP contribution is -1.99. The van der Waals surface area contributed by atoms with Crippen LogP contribution < -0.4 is 0 Å². The van der Waals surface area contributed by atoms with Gasteiger partial charge in [-0.25, -0.2) is 0 Å². The van der Waals surface area contributed by atoms with E-state index in [4.69, 9.17) is 12.2 Å². The second-order valence-corrected chi connectivity index (χ2v) is 4.71. The van der Waals surface area contributed by atoms with Crippen LogP contribution in [0.25, 0.3) is 10.9 Å². The third kappa shape index (κ3) is 2.44. The molecule has 0 aliphatic carbocycles. The van der Waals surface area contributed by atoms with E-state index >= 15 is 0 Å². The monoisotopic (exact) mass is 245 g/mol. The van der Waals surface area contributed by atoms with E-state index in [1.54, 1.807) is 6.92 Å². The number of rotatable bonds is 3. The van der Waals surface area contributed by atoms with Gasteiger partial charge in [0.05, 0.1) is 0 Å². The van der Waals surface area contributed by atoms with E-state index in [0.29, 0.717) is 6.42 Å². The van der Waals surface area contributed by atoms with Crippen LogP contribution in [0.15, 0.2) is 24.3 Å². The molecule has 0 atom stereocenters. The largest absolute Gasteiger partial charge is 0.346 e. The molecule has 0 spiro atoms. The quantitative estimate of drug-likeness (QED) is 0.836. The van der Waals surface area contributed by atoms with Gasteiger partial charge in [0, 0.05) is 17.3 Å². The van der Waals surface area contributed by atoms with Crippen molar-refractivity contribution in [1.29, 1.82) is 0 Å². The summed E-state index contributed by atoms with van der Waals surface area (Å²) >= 11 is 5.35. The highest BCUT2D eigenvalue weighted by Crippen LogP contribution is 2.21. The minimum absolute atomic E-state index is 0.201. The maximum Gasteiger partial charge on any atom is 0.130 e. The van der Waals surface area contributed by atoms with Crippen LogP contribution >= 0.6 is 12.2 Å². The summed E-state index contributed by atoms with van der Waals surface area (Å²) in [6.07, 6.45) is 1.28. The van der Waals surface area contributed by atoms with Crippen LogP contribution in [0.2, 0.25) is 0 Å².